The van der Waals surface area contributed by atoms with Crippen molar-refractivity contribution < 1.29 is 4.79 Å². The molecule has 0 aliphatic heterocycles. The molecule has 0 atom stereocenters. The van der Waals surface area contributed by atoms with E-state index in [1.54, 1.807) is 6.92 Å². The molecule has 3 nitrogen and oxygen atoms in total. The van der Waals surface area contributed by atoms with Gasteiger partial charge in [-0.15, -0.1) is 0 Å². The van der Waals surface area contributed by atoms with Gasteiger partial charge in [-0.3, -0.25) is 4.79 Å². The molecule has 1 rings (SSSR count). The van der Waals surface area contributed by atoms with Crippen LogP contribution >= 0.6 is 12.6 Å². The zero-order valence-electron chi connectivity index (χ0n) is 8.58. The second kappa shape index (κ2) is 5.56. The molecular formula is C11H14N2OS. The fraction of sp³-hybridized carbons (Fsp3) is 0.273. The van der Waals surface area contributed by atoms with Crippen molar-refractivity contribution in [1.29, 1.82) is 5.41 Å². The van der Waals surface area contributed by atoms with Gasteiger partial charge in [0.2, 0.25) is 5.91 Å². The Morgan fingerprint density at radius 3 is 2.73 bits per heavy atom. The Morgan fingerprint density at radius 1 is 1.47 bits per heavy atom. The van der Waals surface area contributed by atoms with Crippen LogP contribution in [-0.4, -0.2) is 17.4 Å². The maximum atomic E-state index is 11.2. The Bertz CT molecular complexity index is 377. The average Bonchev–Trinajstić information content (AvgIpc) is 2.20. The Hall–Kier alpha value is -1.29. The predicted octanol–water partition coefficient (Wildman–Crippen LogP) is 2.14. The van der Waals surface area contributed by atoms with Crippen molar-refractivity contribution >= 4 is 29.9 Å². The molecule has 0 bridgehead atoms. The van der Waals surface area contributed by atoms with Crippen molar-refractivity contribution in [2.45, 2.75) is 13.3 Å². The number of carbonyl (C=O) groups excluding carboxylic acids is 1. The zero-order valence-corrected chi connectivity index (χ0v) is 9.47. The first kappa shape index (κ1) is 11.8. The van der Waals surface area contributed by atoms with Crippen molar-refractivity contribution in [3.05, 3.63) is 29.8 Å². The quantitative estimate of drug-likeness (QED) is 0.530. The van der Waals surface area contributed by atoms with Gasteiger partial charge in [0.25, 0.3) is 0 Å². The fourth-order valence-corrected chi connectivity index (χ4v) is 1.35. The zero-order chi connectivity index (χ0) is 11.3. The molecule has 0 saturated heterocycles. The molecule has 2 N–H and O–H groups in total. The Morgan fingerprint density at radius 2 is 2.13 bits per heavy atom. The highest BCUT2D eigenvalue weighted by atomic mass is 32.1. The summed E-state index contributed by atoms with van der Waals surface area (Å²) in [5.41, 5.74) is 2.30. The lowest BCUT2D eigenvalue weighted by atomic mass is 10.1. The molecule has 1 aromatic rings. The van der Waals surface area contributed by atoms with Crippen LogP contribution in [0.1, 0.15) is 12.5 Å². The van der Waals surface area contributed by atoms with Crippen LogP contribution in [-0.2, 0) is 11.2 Å². The standard InChI is InChI=1S/C11H14N2OS/c1-8(12)6-9-4-2-3-5-10(9)13-11(14)7-15/h2-5,12,15H,6-7H2,1H3,(H,13,14). The van der Waals surface area contributed by atoms with Crippen molar-refractivity contribution in [2.75, 3.05) is 11.1 Å². The molecule has 1 aromatic carbocycles. The fourth-order valence-electron chi connectivity index (χ4n) is 1.27. The van der Waals surface area contributed by atoms with Crippen LogP contribution in [0, 0.1) is 5.41 Å². The van der Waals surface area contributed by atoms with Gasteiger partial charge in [0.15, 0.2) is 0 Å². The van der Waals surface area contributed by atoms with E-state index in [0.29, 0.717) is 12.1 Å². The minimum atomic E-state index is -0.131. The molecule has 4 heteroatoms. The van der Waals surface area contributed by atoms with Crippen LogP contribution < -0.4 is 5.32 Å². The Kier molecular flexibility index (Phi) is 4.37. The third-order valence-corrected chi connectivity index (χ3v) is 2.18. The summed E-state index contributed by atoms with van der Waals surface area (Å²) in [6.45, 7) is 1.75. The number of benzene rings is 1. The smallest absolute Gasteiger partial charge is 0.234 e. The topological polar surface area (TPSA) is 53.0 Å². The third kappa shape index (κ3) is 3.75. The van der Waals surface area contributed by atoms with Gasteiger partial charge >= 0.3 is 0 Å². The highest BCUT2D eigenvalue weighted by Gasteiger charge is 2.05. The number of para-hydroxylation sites is 1. The minimum absolute atomic E-state index is 0.131. The highest BCUT2D eigenvalue weighted by molar-refractivity contribution is 7.81. The summed E-state index contributed by atoms with van der Waals surface area (Å²) >= 11 is 3.90. The summed E-state index contributed by atoms with van der Waals surface area (Å²) in [5.74, 6) is 0.0335. The molecule has 1 amide bonds. The Labute approximate surface area is 94.8 Å². The van der Waals surface area contributed by atoms with Gasteiger partial charge in [0.05, 0.1) is 5.75 Å². The van der Waals surface area contributed by atoms with E-state index in [2.05, 4.69) is 17.9 Å². The molecule has 0 unspecified atom stereocenters. The van der Waals surface area contributed by atoms with Crippen LogP contribution in [0.4, 0.5) is 5.69 Å². The van der Waals surface area contributed by atoms with Gasteiger partial charge in [-0.25, -0.2) is 0 Å². The Balaban J connectivity index is 2.85. The number of carbonyl (C=O) groups is 1. The maximum Gasteiger partial charge on any atom is 0.234 e. The molecular weight excluding hydrogens is 208 g/mol. The van der Waals surface area contributed by atoms with E-state index in [9.17, 15) is 4.79 Å². The molecule has 0 aliphatic rings. The molecule has 0 saturated carbocycles. The molecule has 0 aromatic heterocycles. The molecule has 80 valence electrons. The van der Waals surface area contributed by atoms with Crippen LogP contribution in [0.25, 0.3) is 0 Å². The largest absolute Gasteiger partial charge is 0.325 e. The highest BCUT2D eigenvalue weighted by Crippen LogP contribution is 2.15. The van der Waals surface area contributed by atoms with Gasteiger partial charge < -0.3 is 10.7 Å². The van der Waals surface area contributed by atoms with Gasteiger partial charge in [-0.2, -0.15) is 12.6 Å². The second-order valence-electron chi connectivity index (χ2n) is 3.32. The summed E-state index contributed by atoms with van der Waals surface area (Å²) in [6, 6.07) is 7.50. The van der Waals surface area contributed by atoms with E-state index >= 15 is 0 Å². The number of hydrogen-bond donors (Lipinski definition) is 3. The summed E-state index contributed by atoms with van der Waals surface area (Å²) in [7, 11) is 0. The van der Waals surface area contributed by atoms with Crippen LogP contribution in [0.3, 0.4) is 0 Å². The normalized spacial score (nSPS) is 9.73. The van der Waals surface area contributed by atoms with Crippen molar-refractivity contribution in [2.24, 2.45) is 0 Å². The molecule has 15 heavy (non-hydrogen) atoms. The minimum Gasteiger partial charge on any atom is -0.325 e. The lowest BCUT2D eigenvalue weighted by molar-refractivity contribution is -0.113. The van der Waals surface area contributed by atoms with E-state index in [1.807, 2.05) is 24.3 Å². The van der Waals surface area contributed by atoms with Crippen molar-refractivity contribution in [3.63, 3.8) is 0 Å². The van der Waals surface area contributed by atoms with E-state index < -0.39 is 0 Å². The van der Waals surface area contributed by atoms with Crippen LogP contribution in [0.15, 0.2) is 24.3 Å². The summed E-state index contributed by atoms with van der Waals surface area (Å²) in [4.78, 5) is 11.2. The van der Waals surface area contributed by atoms with Gasteiger partial charge in [-0.1, -0.05) is 18.2 Å². The lowest BCUT2D eigenvalue weighted by Crippen LogP contribution is -2.14. The summed E-state index contributed by atoms with van der Waals surface area (Å²) in [5, 5.41) is 10.2. The maximum absolute atomic E-state index is 11.2. The first-order chi connectivity index (χ1) is 7.13. The van der Waals surface area contributed by atoms with E-state index in [-0.39, 0.29) is 11.7 Å². The number of thiol groups is 1. The van der Waals surface area contributed by atoms with E-state index in [4.69, 9.17) is 5.41 Å². The number of nitrogens with one attached hydrogen (secondary N) is 2. The third-order valence-electron chi connectivity index (χ3n) is 1.89. The number of hydrogen-bond acceptors (Lipinski definition) is 3. The molecule has 0 heterocycles. The summed E-state index contributed by atoms with van der Waals surface area (Å²) in [6.07, 6.45) is 0.559. The van der Waals surface area contributed by atoms with Gasteiger partial charge in [0.1, 0.15) is 0 Å². The first-order valence-electron chi connectivity index (χ1n) is 4.66. The monoisotopic (exact) mass is 222 g/mol. The first-order valence-corrected chi connectivity index (χ1v) is 5.29. The molecule has 0 spiro atoms. The molecule has 0 aliphatic carbocycles. The van der Waals surface area contributed by atoms with Crippen LogP contribution in [0.2, 0.25) is 0 Å². The number of rotatable bonds is 4. The van der Waals surface area contributed by atoms with Gasteiger partial charge in [-0.05, 0) is 18.6 Å². The molecule has 0 fully saturated rings. The molecule has 0 radical (unpaired) electrons. The average molecular weight is 222 g/mol. The summed E-state index contributed by atoms with van der Waals surface area (Å²) < 4.78 is 0. The lowest BCUT2D eigenvalue weighted by Gasteiger charge is -2.09. The van der Waals surface area contributed by atoms with Crippen LogP contribution in [0.5, 0.6) is 0 Å². The van der Waals surface area contributed by atoms with Crippen molar-refractivity contribution in [1.82, 2.24) is 0 Å². The second-order valence-corrected chi connectivity index (χ2v) is 3.64. The number of anilines is 1. The predicted molar refractivity (Wildman–Crippen MR) is 66.0 cm³/mol. The number of amides is 1. The van der Waals surface area contributed by atoms with Crippen molar-refractivity contribution in [3.8, 4) is 0 Å². The SMILES string of the molecule is CC(=N)Cc1ccccc1NC(=O)CS. The van der Waals surface area contributed by atoms with Gasteiger partial charge in [0, 0.05) is 17.8 Å². The van der Waals surface area contributed by atoms with E-state index in [0.717, 1.165) is 11.3 Å². The van der Waals surface area contributed by atoms with E-state index in [1.165, 1.54) is 0 Å².